The van der Waals surface area contributed by atoms with Gasteiger partial charge in [0.15, 0.2) is 0 Å². The van der Waals surface area contributed by atoms with Crippen molar-refractivity contribution in [3.05, 3.63) is 68.7 Å². The quantitative estimate of drug-likeness (QED) is 0.420. The fraction of sp³-hybridized carbons (Fsp3) is 0.278. The topological polar surface area (TPSA) is 84.3 Å². The van der Waals surface area contributed by atoms with Crippen LogP contribution in [0.25, 0.3) is 0 Å². The Bertz CT molecular complexity index is 788. The van der Waals surface area contributed by atoms with E-state index >= 15 is 0 Å². The first-order chi connectivity index (χ1) is 12.0. The van der Waals surface area contributed by atoms with Crippen molar-refractivity contribution >= 4 is 33.2 Å². The van der Waals surface area contributed by atoms with Gasteiger partial charge >= 0.3 is 0 Å². The van der Waals surface area contributed by atoms with Crippen LogP contribution in [0.2, 0.25) is 0 Å². The largest absolute Gasteiger partial charge is 0.378 e. The van der Waals surface area contributed by atoms with Gasteiger partial charge in [-0.25, -0.2) is 0 Å². The van der Waals surface area contributed by atoms with E-state index in [0.29, 0.717) is 18.8 Å². The molecule has 0 heterocycles. The molecule has 2 aromatic rings. The molecule has 6 nitrogen and oxygen atoms in total. The third-order valence-corrected chi connectivity index (χ3v) is 4.94. The Balaban J connectivity index is 1.54. The smallest absolute Gasteiger partial charge is 0.292 e. The van der Waals surface area contributed by atoms with E-state index in [-0.39, 0.29) is 11.6 Å². The zero-order chi connectivity index (χ0) is 17.9. The fourth-order valence-electron chi connectivity index (χ4n) is 2.87. The summed E-state index contributed by atoms with van der Waals surface area (Å²) < 4.78 is 0.987. The van der Waals surface area contributed by atoms with Gasteiger partial charge in [-0.3, -0.25) is 14.9 Å². The zero-order valence-corrected chi connectivity index (χ0v) is 15.1. The standard InChI is InChI=1S/C18H18BrN3O3/c19-14-7-5-13(6-8-14)18(9-10-18)17(23)21-12-11-20-15-3-1-2-4-16(15)22(24)25/h1-8,20H,9-12H2,(H,21,23). The van der Waals surface area contributed by atoms with Gasteiger partial charge in [-0.05, 0) is 36.6 Å². The van der Waals surface area contributed by atoms with Crippen LogP contribution in [0, 0.1) is 10.1 Å². The monoisotopic (exact) mass is 403 g/mol. The van der Waals surface area contributed by atoms with Crippen LogP contribution in [0.15, 0.2) is 53.0 Å². The molecule has 0 bridgehead atoms. The van der Waals surface area contributed by atoms with Crippen molar-refractivity contribution in [2.24, 2.45) is 0 Å². The number of anilines is 1. The summed E-state index contributed by atoms with van der Waals surface area (Å²) >= 11 is 3.40. The summed E-state index contributed by atoms with van der Waals surface area (Å²) in [6.07, 6.45) is 1.69. The Hall–Kier alpha value is -2.41. The molecule has 130 valence electrons. The van der Waals surface area contributed by atoms with E-state index in [2.05, 4.69) is 26.6 Å². The number of nitro benzene ring substituents is 1. The number of nitro groups is 1. The number of nitrogens with zero attached hydrogens (tertiary/aromatic N) is 1. The Kier molecular flexibility index (Phi) is 5.03. The van der Waals surface area contributed by atoms with E-state index in [0.717, 1.165) is 22.9 Å². The molecule has 0 saturated heterocycles. The molecule has 1 fully saturated rings. The average molecular weight is 404 g/mol. The number of amides is 1. The highest BCUT2D eigenvalue weighted by Crippen LogP contribution is 2.48. The van der Waals surface area contributed by atoms with Gasteiger partial charge in [0.2, 0.25) is 5.91 Å². The summed E-state index contributed by atoms with van der Waals surface area (Å²) in [5.74, 6) is 0.0131. The van der Waals surface area contributed by atoms with Gasteiger partial charge in [-0.15, -0.1) is 0 Å². The molecule has 25 heavy (non-hydrogen) atoms. The van der Waals surface area contributed by atoms with Crippen LogP contribution < -0.4 is 10.6 Å². The van der Waals surface area contributed by atoms with Gasteiger partial charge in [-0.2, -0.15) is 0 Å². The van der Waals surface area contributed by atoms with Gasteiger partial charge in [0.05, 0.1) is 10.3 Å². The third kappa shape index (κ3) is 3.82. The Morgan fingerprint density at radius 2 is 1.80 bits per heavy atom. The van der Waals surface area contributed by atoms with Crippen molar-refractivity contribution in [3.63, 3.8) is 0 Å². The van der Waals surface area contributed by atoms with Gasteiger partial charge in [0.1, 0.15) is 5.69 Å². The van der Waals surface area contributed by atoms with Crippen molar-refractivity contribution in [2.75, 3.05) is 18.4 Å². The number of rotatable bonds is 7. The SMILES string of the molecule is O=C(NCCNc1ccccc1[N+](=O)[O-])C1(c2ccc(Br)cc2)CC1. The van der Waals surface area contributed by atoms with E-state index in [4.69, 9.17) is 0 Å². The summed E-state index contributed by atoms with van der Waals surface area (Å²) in [7, 11) is 0. The van der Waals surface area contributed by atoms with Crippen molar-refractivity contribution in [3.8, 4) is 0 Å². The molecule has 2 aromatic carbocycles. The minimum atomic E-state index is -0.423. The minimum absolute atomic E-state index is 0.0131. The van der Waals surface area contributed by atoms with Gasteiger partial charge in [-0.1, -0.05) is 40.2 Å². The lowest BCUT2D eigenvalue weighted by molar-refractivity contribution is -0.384. The number of hydrogen-bond donors (Lipinski definition) is 2. The minimum Gasteiger partial charge on any atom is -0.378 e. The second-order valence-electron chi connectivity index (χ2n) is 6.05. The van der Waals surface area contributed by atoms with Gasteiger partial charge in [0.25, 0.3) is 5.69 Å². The van der Waals surface area contributed by atoms with E-state index in [1.165, 1.54) is 6.07 Å². The van der Waals surface area contributed by atoms with Crippen molar-refractivity contribution in [1.29, 1.82) is 0 Å². The second kappa shape index (κ2) is 7.23. The number of benzene rings is 2. The van der Waals surface area contributed by atoms with E-state index in [1.807, 2.05) is 24.3 Å². The molecule has 3 rings (SSSR count). The lowest BCUT2D eigenvalue weighted by Crippen LogP contribution is -2.37. The average Bonchev–Trinajstić information content (AvgIpc) is 3.41. The highest BCUT2D eigenvalue weighted by molar-refractivity contribution is 9.10. The molecule has 1 saturated carbocycles. The van der Waals surface area contributed by atoms with Crippen LogP contribution in [0.3, 0.4) is 0 Å². The second-order valence-corrected chi connectivity index (χ2v) is 6.96. The summed E-state index contributed by atoms with van der Waals surface area (Å²) in [5, 5.41) is 16.9. The van der Waals surface area contributed by atoms with Gasteiger partial charge < -0.3 is 10.6 Å². The molecule has 0 spiro atoms. The highest BCUT2D eigenvalue weighted by atomic mass is 79.9. The number of carbonyl (C=O) groups is 1. The number of hydrogen-bond acceptors (Lipinski definition) is 4. The van der Waals surface area contributed by atoms with E-state index in [9.17, 15) is 14.9 Å². The third-order valence-electron chi connectivity index (χ3n) is 4.41. The summed E-state index contributed by atoms with van der Waals surface area (Å²) in [4.78, 5) is 23.1. The van der Waals surface area contributed by atoms with Crippen LogP contribution in [-0.4, -0.2) is 23.9 Å². The Morgan fingerprint density at radius 1 is 1.12 bits per heavy atom. The predicted molar refractivity (Wildman–Crippen MR) is 99.6 cm³/mol. The van der Waals surface area contributed by atoms with Crippen LogP contribution in [0.1, 0.15) is 18.4 Å². The summed E-state index contributed by atoms with van der Waals surface area (Å²) in [5.41, 5.74) is 1.09. The molecule has 0 unspecified atom stereocenters. The molecule has 1 aliphatic carbocycles. The molecule has 1 amide bonds. The van der Waals surface area contributed by atoms with Crippen LogP contribution in [-0.2, 0) is 10.2 Å². The lowest BCUT2D eigenvalue weighted by Gasteiger charge is -2.16. The van der Waals surface area contributed by atoms with Crippen molar-refractivity contribution < 1.29 is 9.72 Å². The van der Waals surface area contributed by atoms with Crippen molar-refractivity contribution in [2.45, 2.75) is 18.3 Å². The van der Waals surface area contributed by atoms with Crippen LogP contribution in [0.4, 0.5) is 11.4 Å². The van der Waals surface area contributed by atoms with Crippen LogP contribution in [0.5, 0.6) is 0 Å². The summed E-state index contributed by atoms with van der Waals surface area (Å²) in [6, 6.07) is 14.3. The maximum absolute atomic E-state index is 12.5. The molecule has 7 heteroatoms. The first-order valence-electron chi connectivity index (χ1n) is 8.04. The Labute approximate surface area is 153 Å². The molecular weight excluding hydrogens is 386 g/mol. The van der Waals surface area contributed by atoms with Crippen LogP contribution >= 0.6 is 15.9 Å². The molecular formula is C18H18BrN3O3. The first kappa shape index (κ1) is 17.4. The maximum atomic E-state index is 12.5. The molecule has 0 radical (unpaired) electrons. The van der Waals surface area contributed by atoms with Gasteiger partial charge in [0, 0.05) is 23.6 Å². The van der Waals surface area contributed by atoms with E-state index < -0.39 is 10.3 Å². The fourth-order valence-corrected chi connectivity index (χ4v) is 3.13. The first-order valence-corrected chi connectivity index (χ1v) is 8.84. The number of nitrogens with one attached hydrogen (secondary N) is 2. The molecule has 0 aliphatic heterocycles. The number of para-hydroxylation sites is 2. The lowest BCUT2D eigenvalue weighted by atomic mass is 9.95. The molecule has 0 aromatic heterocycles. The number of halogens is 1. The Morgan fingerprint density at radius 3 is 2.44 bits per heavy atom. The highest BCUT2D eigenvalue weighted by Gasteiger charge is 2.50. The van der Waals surface area contributed by atoms with E-state index in [1.54, 1.807) is 18.2 Å². The molecule has 0 atom stereocenters. The number of carbonyl (C=O) groups excluding carboxylic acids is 1. The molecule has 2 N–H and O–H groups in total. The molecule has 1 aliphatic rings. The van der Waals surface area contributed by atoms with Crippen molar-refractivity contribution in [1.82, 2.24) is 5.32 Å². The predicted octanol–water partition coefficient (Wildman–Crippen LogP) is 3.62. The zero-order valence-electron chi connectivity index (χ0n) is 13.5. The summed E-state index contributed by atoms with van der Waals surface area (Å²) in [6.45, 7) is 0.830. The normalized spacial score (nSPS) is 14.6. The maximum Gasteiger partial charge on any atom is 0.292 e.